The van der Waals surface area contributed by atoms with Gasteiger partial charge in [0.05, 0.1) is 6.61 Å². The van der Waals surface area contributed by atoms with Crippen LogP contribution in [0, 0.1) is 49.2 Å². The largest absolute Gasteiger partial charge is 0.490 e. The minimum Gasteiger partial charge on any atom is -0.490 e. The number of halogens is 2. The van der Waals surface area contributed by atoms with E-state index in [1.807, 2.05) is 26.0 Å². The minimum atomic E-state index is -0.850. The zero-order chi connectivity index (χ0) is 22.0. The van der Waals surface area contributed by atoms with Crippen LogP contribution in [-0.2, 0) is 0 Å². The summed E-state index contributed by atoms with van der Waals surface area (Å²) in [6.45, 7) is 6.64. The zero-order valence-corrected chi connectivity index (χ0v) is 19.5. The Morgan fingerprint density at radius 1 is 0.806 bits per heavy atom. The molecule has 2 aliphatic rings. The summed E-state index contributed by atoms with van der Waals surface area (Å²) in [4.78, 5) is 0. The normalized spacial score (nSPS) is 26.9. The van der Waals surface area contributed by atoms with Gasteiger partial charge < -0.3 is 4.74 Å². The van der Waals surface area contributed by atoms with E-state index in [-0.39, 0.29) is 5.75 Å². The minimum absolute atomic E-state index is 0.0573. The van der Waals surface area contributed by atoms with Gasteiger partial charge in [-0.05, 0) is 72.9 Å². The van der Waals surface area contributed by atoms with Gasteiger partial charge >= 0.3 is 0 Å². The number of ether oxygens (including phenoxy) is 1. The lowest BCUT2D eigenvalue weighted by atomic mass is 9.76. The molecule has 2 fully saturated rings. The Hall–Kier alpha value is -1.64. The van der Waals surface area contributed by atoms with E-state index in [2.05, 4.69) is 6.92 Å². The maximum atomic E-state index is 14.7. The van der Waals surface area contributed by atoms with Crippen molar-refractivity contribution in [3.8, 4) is 5.75 Å². The topological polar surface area (TPSA) is 9.23 Å². The Kier molecular flexibility index (Phi) is 7.19. The van der Waals surface area contributed by atoms with Crippen molar-refractivity contribution < 1.29 is 13.5 Å². The molecule has 170 valence electrons. The first-order valence-electron chi connectivity index (χ1n) is 12.4. The molecule has 2 saturated carbocycles. The molecule has 0 atom stereocenters. The van der Waals surface area contributed by atoms with Gasteiger partial charge in [0.25, 0.3) is 0 Å². The van der Waals surface area contributed by atoms with Crippen LogP contribution in [0.15, 0.2) is 18.2 Å². The first-order chi connectivity index (χ1) is 14.9. The number of benzene rings is 2. The van der Waals surface area contributed by atoms with Crippen molar-refractivity contribution in [1.82, 2.24) is 0 Å². The molecule has 0 N–H and O–H groups in total. The lowest BCUT2D eigenvalue weighted by molar-refractivity contribution is 0.166. The summed E-state index contributed by atoms with van der Waals surface area (Å²) in [5, 5.41) is 1.08. The van der Waals surface area contributed by atoms with Gasteiger partial charge in [0.15, 0.2) is 11.6 Å². The number of rotatable bonds is 6. The van der Waals surface area contributed by atoms with Gasteiger partial charge in [-0.1, -0.05) is 70.4 Å². The van der Waals surface area contributed by atoms with Gasteiger partial charge in [0, 0.05) is 5.39 Å². The SMILES string of the molecule is Cc1ccc2cc(OCC3CCC(CCC4CCC(C)CC4)CC3)c(F)c(F)c2c1C. The van der Waals surface area contributed by atoms with E-state index in [1.165, 1.54) is 51.4 Å². The van der Waals surface area contributed by atoms with Crippen LogP contribution >= 0.6 is 0 Å². The van der Waals surface area contributed by atoms with Crippen LogP contribution in [0.25, 0.3) is 10.8 Å². The van der Waals surface area contributed by atoms with Crippen molar-refractivity contribution in [1.29, 1.82) is 0 Å². The molecule has 2 aliphatic carbocycles. The average molecular weight is 429 g/mol. The fraction of sp³-hybridized carbons (Fsp3) is 0.643. The van der Waals surface area contributed by atoms with Crippen LogP contribution in [0.2, 0.25) is 0 Å². The molecular formula is C28H38F2O. The molecule has 0 bridgehead atoms. The van der Waals surface area contributed by atoms with Gasteiger partial charge in [-0.25, -0.2) is 4.39 Å². The van der Waals surface area contributed by atoms with Crippen molar-refractivity contribution in [3.05, 3.63) is 41.0 Å². The summed E-state index contributed by atoms with van der Waals surface area (Å²) in [6, 6.07) is 5.47. The molecule has 0 saturated heterocycles. The van der Waals surface area contributed by atoms with E-state index >= 15 is 0 Å². The number of aryl methyl sites for hydroxylation is 2. The number of fused-ring (bicyclic) bond motifs is 1. The fourth-order valence-electron chi connectivity index (χ4n) is 5.76. The molecular weight excluding hydrogens is 390 g/mol. The highest BCUT2D eigenvalue weighted by molar-refractivity contribution is 5.88. The highest BCUT2D eigenvalue weighted by Gasteiger charge is 2.25. The molecule has 0 unspecified atom stereocenters. The predicted octanol–water partition coefficient (Wildman–Crippen LogP) is 8.53. The van der Waals surface area contributed by atoms with Crippen molar-refractivity contribution >= 4 is 10.8 Å². The predicted molar refractivity (Wildman–Crippen MR) is 125 cm³/mol. The summed E-state index contributed by atoms with van der Waals surface area (Å²) >= 11 is 0. The monoisotopic (exact) mass is 428 g/mol. The van der Waals surface area contributed by atoms with Crippen molar-refractivity contribution in [2.75, 3.05) is 6.61 Å². The van der Waals surface area contributed by atoms with Crippen LogP contribution in [0.3, 0.4) is 0 Å². The number of hydrogen-bond acceptors (Lipinski definition) is 1. The summed E-state index contributed by atoms with van der Waals surface area (Å²) in [6.07, 6.45) is 13.3. The summed E-state index contributed by atoms with van der Waals surface area (Å²) in [5.41, 5.74) is 1.76. The molecule has 0 aliphatic heterocycles. The molecule has 0 aromatic heterocycles. The second kappa shape index (κ2) is 9.88. The molecule has 1 nitrogen and oxygen atoms in total. The van der Waals surface area contributed by atoms with Crippen molar-refractivity contribution in [3.63, 3.8) is 0 Å². The van der Waals surface area contributed by atoms with Gasteiger partial charge in [0.2, 0.25) is 5.82 Å². The van der Waals surface area contributed by atoms with E-state index in [9.17, 15) is 8.78 Å². The third-order valence-corrected chi connectivity index (χ3v) is 8.24. The molecule has 31 heavy (non-hydrogen) atoms. The molecule has 0 heterocycles. The molecule has 2 aromatic carbocycles. The molecule has 4 rings (SSSR count). The van der Waals surface area contributed by atoms with Gasteiger partial charge in [-0.3, -0.25) is 0 Å². The molecule has 2 aromatic rings. The van der Waals surface area contributed by atoms with Crippen molar-refractivity contribution in [2.24, 2.45) is 23.7 Å². The van der Waals surface area contributed by atoms with Gasteiger partial charge in [-0.2, -0.15) is 4.39 Å². The fourth-order valence-corrected chi connectivity index (χ4v) is 5.76. The lowest BCUT2D eigenvalue weighted by Crippen LogP contribution is -2.21. The third kappa shape index (κ3) is 5.23. The van der Waals surface area contributed by atoms with E-state index < -0.39 is 11.6 Å². The van der Waals surface area contributed by atoms with Crippen LogP contribution in [-0.4, -0.2) is 6.61 Å². The van der Waals surface area contributed by atoms with Crippen LogP contribution in [0.1, 0.15) is 82.3 Å². The maximum absolute atomic E-state index is 14.7. The van der Waals surface area contributed by atoms with Crippen LogP contribution < -0.4 is 4.74 Å². The first-order valence-corrected chi connectivity index (χ1v) is 12.4. The van der Waals surface area contributed by atoms with E-state index in [4.69, 9.17) is 4.74 Å². The van der Waals surface area contributed by atoms with Gasteiger partial charge in [-0.15, -0.1) is 0 Å². The standard InChI is InChI=1S/C28H38F2O/c1-18-4-7-21(8-5-18)9-10-22-11-13-23(14-12-22)17-31-25-16-24-15-6-19(2)20(3)26(24)28(30)27(25)29/h6,15-16,18,21-23H,4-5,7-14,17H2,1-3H3. The Bertz CT molecular complexity index is 890. The average Bonchev–Trinajstić information content (AvgIpc) is 2.78. The Labute approximate surface area is 186 Å². The second-order valence-electron chi connectivity index (χ2n) is 10.5. The lowest BCUT2D eigenvalue weighted by Gasteiger charge is -2.31. The van der Waals surface area contributed by atoms with E-state index in [1.54, 1.807) is 6.07 Å². The van der Waals surface area contributed by atoms with E-state index in [0.717, 1.165) is 41.7 Å². The Balaban J connectivity index is 1.27. The highest BCUT2D eigenvalue weighted by atomic mass is 19.2. The molecule has 0 amide bonds. The summed E-state index contributed by atoms with van der Waals surface area (Å²) in [7, 11) is 0. The Morgan fingerprint density at radius 2 is 1.39 bits per heavy atom. The first kappa shape index (κ1) is 22.6. The number of hydrogen-bond donors (Lipinski definition) is 0. The quantitative estimate of drug-likeness (QED) is 0.448. The zero-order valence-electron chi connectivity index (χ0n) is 19.5. The Morgan fingerprint density at radius 3 is 2.03 bits per heavy atom. The molecule has 0 spiro atoms. The third-order valence-electron chi connectivity index (χ3n) is 8.24. The van der Waals surface area contributed by atoms with Crippen molar-refractivity contribution in [2.45, 2.75) is 85.0 Å². The molecule has 3 heteroatoms. The summed E-state index contributed by atoms with van der Waals surface area (Å²) in [5.74, 6) is 1.60. The van der Waals surface area contributed by atoms with E-state index in [0.29, 0.717) is 23.3 Å². The molecule has 0 radical (unpaired) electrons. The van der Waals surface area contributed by atoms with Crippen LogP contribution in [0.5, 0.6) is 5.75 Å². The summed E-state index contributed by atoms with van der Waals surface area (Å²) < 4.78 is 35.2. The smallest absolute Gasteiger partial charge is 0.201 e. The maximum Gasteiger partial charge on any atom is 0.201 e. The van der Waals surface area contributed by atoms with Crippen LogP contribution in [0.4, 0.5) is 8.78 Å². The second-order valence-corrected chi connectivity index (χ2v) is 10.5. The van der Waals surface area contributed by atoms with Gasteiger partial charge in [0.1, 0.15) is 0 Å². The highest BCUT2D eigenvalue weighted by Crippen LogP contribution is 2.37.